The van der Waals surface area contributed by atoms with Crippen molar-refractivity contribution in [3.8, 4) is 0 Å². The number of hydrogen-bond acceptors (Lipinski definition) is 13. The van der Waals surface area contributed by atoms with Crippen LogP contribution in [0.25, 0.3) is 0 Å². The van der Waals surface area contributed by atoms with Crippen LogP contribution in [0, 0.1) is 0 Å². The molecular weight excluding hydrogens is 565 g/mol. The smallest absolute Gasteiger partial charge is 0.352 e. The largest absolute Gasteiger partial charge is 0.477 e. The molecule has 200 valence electrons. The number of rotatable bonds is 10. The van der Waals surface area contributed by atoms with Crippen LogP contribution in [-0.2, 0) is 25.8 Å². The van der Waals surface area contributed by atoms with Crippen LogP contribution in [0.1, 0.15) is 11.4 Å². The minimum absolute atomic E-state index is 0.0782. The number of oxime groups is 1. The molecule has 2 aliphatic rings. The molecule has 3 aromatic rings. The number of nitrogens with two attached hydrogens (primary N) is 1. The van der Waals surface area contributed by atoms with Crippen LogP contribution in [0.2, 0.25) is 0 Å². The van der Waals surface area contributed by atoms with Gasteiger partial charge in [0.15, 0.2) is 10.2 Å². The molecule has 16 heteroatoms. The van der Waals surface area contributed by atoms with Gasteiger partial charge in [0.25, 0.3) is 11.8 Å². The van der Waals surface area contributed by atoms with Crippen molar-refractivity contribution in [3.63, 3.8) is 0 Å². The van der Waals surface area contributed by atoms with Crippen LogP contribution in [0.4, 0.5) is 5.82 Å². The highest BCUT2D eigenvalue weighted by atomic mass is 32.2. The molecule has 0 spiro atoms. The van der Waals surface area contributed by atoms with E-state index in [0.717, 1.165) is 5.56 Å². The third-order valence-electron chi connectivity index (χ3n) is 5.58. The Morgan fingerprint density at radius 3 is 2.82 bits per heavy atom. The SMILES string of the molecule is Nc1ccnc(C(=NOCc2ccccc2)C(=O)NC2C(=O)N3C(C(=O)O)=C(CSc4nncs4)CS[C@@H]23)n1. The first-order valence-electron chi connectivity index (χ1n) is 11.3. The summed E-state index contributed by atoms with van der Waals surface area (Å²) in [6.45, 7) is 0.0825. The molecule has 0 saturated carbocycles. The van der Waals surface area contributed by atoms with Gasteiger partial charge in [-0.2, -0.15) is 0 Å². The molecule has 1 saturated heterocycles. The molecule has 13 nitrogen and oxygen atoms in total. The molecule has 1 fully saturated rings. The number of carboxylic acids is 1. The number of β-lactam (4-membered cyclic amide) rings is 1. The van der Waals surface area contributed by atoms with E-state index in [1.54, 1.807) is 5.51 Å². The number of thioether (sulfide) groups is 2. The van der Waals surface area contributed by atoms with Gasteiger partial charge in [-0.15, -0.1) is 22.0 Å². The lowest BCUT2D eigenvalue weighted by atomic mass is 10.0. The predicted molar refractivity (Wildman–Crippen MR) is 145 cm³/mol. The summed E-state index contributed by atoms with van der Waals surface area (Å²) in [5, 5.41) is 23.6. The van der Waals surface area contributed by atoms with Crippen LogP contribution in [-0.4, -0.2) is 76.6 Å². The van der Waals surface area contributed by atoms with Gasteiger partial charge in [0.1, 0.15) is 35.0 Å². The summed E-state index contributed by atoms with van der Waals surface area (Å²) in [5.41, 5.74) is 8.42. The van der Waals surface area contributed by atoms with Crippen molar-refractivity contribution in [2.75, 3.05) is 17.2 Å². The summed E-state index contributed by atoms with van der Waals surface area (Å²) < 4.78 is 0.699. The number of carbonyl (C=O) groups is 3. The van der Waals surface area contributed by atoms with Crippen LogP contribution >= 0.6 is 34.9 Å². The summed E-state index contributed by atoms with van der Waals surface area (Å²) in [6.07, 6.45) is 1.37. The quantitative estimate of drug-likeness (QED) is 0.135. The maximum atomic E-state index is 13.3. The number of nitrogen functional groups attached to an aromatic ring is 1. The highest BCUT2D eigenvalue weighted by Gasteiger charge is 2.54. The van der Waals surface area contributed by atoms with Gasteiger partial charge in [0.2, 0.25) is 5.71 Å². The lowest BCUT2D eigenvalue weighted by molar-refractivity contribution is -0.150. The van der Waals surface area contributed by atoms with Gasteiger partial charge in [-0.1, -0.05) is 58.6 Å². The number of aliphatic carboxylic acids is 1. The summed E-state index contributed by atoms with van der Waals surface area (Å²) in [4.78, 5) is 53.2. The fraction of sp³-hybridized carbons (Fsp3) is 0.217. The Bertz CT molecular complexity index is 1450. The van der Waals surface area contributed by atoms with Crippen molar-refractivity contribution in [2.45, 2.75) is 22.4 Å². The van der Waals surface area contributed by atoms with Crippen LogP contribution in [0.5, 0.6) is 0 Å². The summed E-state index contributed by atoms with van der Waals surface area (Å²) >= 11 is 4.06. The zero-order valence-corrected chi connectivity index (χ0v) is 22.4. The Morgan fingerprint density at radius 1 is 1.28 bits per heavy atom. The molecule has 2 aromatic heterocycles. The molecule has 4 heterocycles. The van der Waals surface area contributed by atoms with Gasteiger partial charge < -0.3 is 21.0 Å². The van der Waals surface area contributed by atoms with Gasteiger partial charge in [-0.25, -0.2) is 14.8 Å². The summed E-state index contributed by atoms with van der Waals surface area (Å²) in [6, 6.07) is 9.69. The van der Waals surface area contributed by atoms with E-state index >= 15 is 0 Å². The van der Waals surface area contributed by atoms with Crippen LogP contribution in [0.15, 0.2) is 68.9 Å². The van der Waals surface area contributed by atoms with Crippen LogP contribution in [0.3, 0.4) is 0 Å². The van der Waals surface area contributed by atoms with Crippen molar-refractivity contribution >= 4 is 64.2 Å². The van der Waals surface area contributed by atoms with Gasteiger partial charge in [-0.05, 0) is 17.2 Å². The van der Waals surface area contributed by atoms with Gasteiger partial charge in [0.05, 0.1) is 0 Å². The van der Waals surface area contributed by atoms with E-state index in [4.69, 9.17) is 10.6 Å². The minimum Gasteiger partial charge on any atom is -0.477 e. The number of nitrogens with one attached hydrogen (secondary N) is 1. The number of anilines is 1. The molecule has 0 radical (unpaired) electrons. The lowest BCUT2D eigenvalue weighted by Gasteiger charge is -2.49. The number of nitrogens with zero attached hydrogens (tertiary/aromatic N) is 6. The lowest BCUT2D eigenvalue weighted by Crippen LogP contribution is -2.71. The van der Waals surface area contributed by atoms with Gasteiger partial charge in [-0.3, -0.25) is 14.5 Å². The molecule has 2 aliphatic heterocycles. The van der Waals surface area contributed by atoms with E-state index in [1.807, 2.05) is 30.3 Å². The zero-order valence-electron chi connectivity index (χ0n) is 20.0. The number of amides is 2. The van der Waals surface area contributed by atoms with E-state index in [1.165, 1.54) is 52.0 Å². The fourth-order valence-corrected chi connectivity index (χ4v) is 6.77. The summed E-state index contributed by atoms with van der Waals surface area (Å²) in [5.74, 6) is -1.76. The maximum Gasteiger partial charge on any atom is 0.352 e. The van der Waals surface area contributed by atoms with Gasteiger partial charge >= 0.3 is 5.97 Å². The zero-order chi connectivity index (χ0) is 27.4. The monoisotopic (exact) mass is 584 g/mol. The molecule has 0 aliphatic carbocycles. The predicted octanol–water partition coefficient (Wildman–Crippen LogP) is 1.36. The second-order valence-corrected chi connectivity index (χ2v) is 11.3. The Balaban J connectivity index is 1.31. The Labute approximate surface area is 233 Å². The van der Waals surface area contributed by atoms with Gasteiger partial charge in [0, 0.05) is 17.7 Å². The molecule has 2 amide bonds. The highest BCUT2D eigenvalue weighted by Crippen LogP contribution is 2.41. The molecule has 2 atom stereocenters. The van der Waals surface area contributed by atoms with Crippen LogP contribution < -0.4 is 11.1 Å². The Morgan fingerprint density at radius 2 is 2.10 bits per heavy atom. The third-order valence-corrected chi connectivity index (χ3v) is 8.87. The average Bonchev–Trinajstić information content (AvgIpc) is 3.46. The number of benzene rings is 1. The van der Waals surface area contributed by atoms with E-state index in [9.17, 15) is 19.5 Å². The molecule has 39 heavy (non-hydrogen) atoms. The highest BCUT2D eigenvalue weighted by molar-refractivity contribution is 8.01. The topological polar surface area (TPSA) is 186 Å². The second-order valence-electron chi connectivity index (χ2n) is 8.12. The molecule has 0 bridgehead atoms. The van der Waals surface area contributed by atoms with E-state index < -0.39 is 29.2 Å². The molecular formula is C23H20N8O5S3. The molecule has 4 N–H and O–H groups in total. The van der Waals surface area contributed by atoms with E-state index in [-0.39, 0.29) is 29.7 Å². The number of carbonyl (C=O) groups excluding carboxylic acids is 2. The first-order chi connectivity index (χ1) is 18.9. The summed E-state index contributed by atoms with van der Waals surface area (Å²) in [7, 11) is 0. The van der Waals surface area contributed by atoms with Crippen molar-refractivity contribution in [2.24, 2.45) is 5.16 Å². The normalized spacial score (nSPS) is 18.8. The van der Waals surface area contributed by atoms with Crippen molar-refractivity contribution in [1.82, 2.24) is 30.4 Å². The molecule has 1 unspecified atom stereocenters. The number of aromatic nitrogens is 4. The minimum atomic E-state index is -1.21. The first kappa shape index (κ1) is 26.6. The standard InChI is InChI=1S/C23H20N8O5S3/c24-14-6-7-25-18(27-14)15(30-36-8-12-4-2-1-3-5-12)19(32)28-16-20(33)31-17(22(34)35)13(9-37-21(16)31)10-38-23-29-26-11-39-23/h1-7,11,16,21H,8-10H2,(H,28,32)(H,34,35)(H2,24,25,27)/t16?,21-/m0/s1. The second kappa shape index (κ2) is 11.8. The van der Waals surface area contributed by atoms with E-state index in [0.29, 0.717) is 21.4 Å². The Hall–Kier alpha value is -4.02. The van der Waals surface area contributed by atoms with E-state index in [2.05, 4.69) is 30.6 Å². The number of hydrogen-bond donors (Lipinski definition) is 3. The molecule has 5 rings (SSSR count). The Kier molecular flexibility index (Phi) is 8.04. The first-order valence-corrected chi connectivity index (χ1v) is 14.3. The third kappa shape index (κ3) is 5.86. The number of carboxylic acid groups (broad SMARTS) is 1. The average molecular weight is 585 g/mol. The van der Waals surface area contributed by atoms with Crippen molar-refractivity contribution in [3.05, 3.63) is 70.8 Å². The maximum absolute atomic E-state index is 13.3. The fourth-order valence-electron chi connectivity index (χ4n) is 3.79. The number of fused-ring (bicyclic) bond motifs is 1. The van der Waals surface area contributed by atoms with Crippen molar-refractivity contribution < 1.29 is 24.3 Å². The molecule has 1 aromatic carbocycles. The van der Waals surface area contributed by atoms with Crippen molar-refractivity contribution in [1.29, 1.82) is 0 Å².